The van der Waals surface area contributed by atoms with Crippen LogP contribution < -0.4 is 20.1 Å². The number of furan rings is 1. The molecule has 25 heteroatoms. The van der Waals surface area contributed by atoms with Gasteiger partial charge in [-0.3, -0.25) is 9.59 Å². The number of hydrogen-bond acceptors (Lipinski definition) is 21. The molecular formula is C36H45ClN6O16S2. The smallest absolute Gasteiger partial charge is 0.347 e. The molecule has 2 aromatic heterocycles. The maximum absolute atomic E-state index is 13.1. The predicted molar refractivity (Wildman–Crippen MR) is 212 cm³/mol. The third-order valence-corrected chi connectivity index (χ3v) is 10.2. The van der Waals surface area contributed by atoms with Crippen LogP contribution in [0.1, 0.15) is 50.7 Å². The lowest BCUT2D eigenvalue weighted by Gasteiger charge is -2.37. The highest BCUT2D eigenvalue weighted by molar-refractivity contribution is 7.89. The van der Waals surface area contributed by atoms with Crippen molar-refractivity contribution in [3.8, 4) is 5.88 Å². The van der Waals surface area contributed by atoms with Gasteiger partial charge in [-0.1, -0.05) is 11.6 Å². The molecule has 1 unspecified atom stereocenters. The summed E-state index contributed by atoms with van der Waals surface area (Å²) in [7, 11) is -4.39. The van der Waals surface area contributed by atoms with Crippen molar-refractivity contribution in [2.75, 3.05) is 69.5 Å². The molecule has 61 heavy (non-hydrogen) atoms. The van der Waals surface area contributed by atoms with E-state index in [2.05, 4.69) is 14.1 Å². The van der Waals surface area contributed by atoms with E-state index in [-0.39, 0.29) is 41.8 Å². The van der Waals surface area contributed by atoms with Gasteiger partial charge in [-0.2, -0.15) is 4.37 Å². The Morgan fingerprint density at radius 2 is 1.70 bits per heavy atom. The van der Waals surface area contributed by atoms with Gasteiger partial charge in [0.1, 0.15) is 17.3 Å². The van der Waals surface area contributed by atoms with Gasteiger partial charge in [0.05, 0.1) is 60.6 Å². The Hall–Kier alpha value is -5.56. The van der Waals surface area contributed by atoms with Crippen molar-refractivity contribution in [2.24, 2.45) is 5.14 Å². The number of nitrogens with zero attached hydrogens (tertiary/aromatic N) is 4. The molecule has 1 aliphatic rings. The second-order valence-electron chi connectivity index (χ2n) is 14.0. The Morgan fingerprint density at radius 3 is 2.34 bits per heavy atom. The minimum atomic E-state index is -4.39. The van der Waals surface area contributed by atoms with Gasteiger partial charge >= 0.3 is 29.8 Å². The molecule has 0 bridgehead atoms. The molecule has 1 amide bonds. The van der Waals surface area contributed by atoms with Gasteiger partial charge in [-0.05, 0) is 52.0 Å². The van der Waals surface area contributed by atoms with Crippen molar-refractivity contribution in [1.82, 2.24) is 13.6 Å². The molecule has 334 valence electrons. The summed E-state index contributed by atoms with van der Waals surface area (Å²) in [5.41, 5.74) is -1.20. The maximum atomic E-state index is 13.1. The Bertz CT molecular complexity index is 2140. The Kier molecular flexibility index (Phi) is 17.2. The van der Waals surface area contributed by atoms with Crippen molar-refractivity contribution < 1.29 is 74.8 Å². The molecule has 1 saturated heterocycles. The van der Waals surface area contributed by atoms with E-state index < -0.39 is 88.2 Å². The second kappa shape index (κ2) is 21.8. The highest BCUT2D eigenvalue weighted by atomic mass is 35.5. The van der Waals surface area contributed by atoms with Crippen LogP contribution in [0.2, 0.25) is 5.02 Å². The van der Waals surface area contributed by atoms with E-state index in [9.17, 15) is 37.2 Å². The molecule has 1 aromatic carbocycles. The molecule has 0 saturated carbocycles. The zero-order chi connectivity index (χ0) is 44.9. The number of benzene rings is 1. The van der Waals surface area contributed by atoms with Crippen molar-refractivity contribution in [2.45, 2.75) is 63.8 Å². The molecule has 2 atom stereocenters. The standard InChI is InChI=1S/C36H45ClN6O16S2/c1-21(58-30(46)19-57-35(49)25-13-28(61(38,50)51)26(37)14-27(25)39-15-23-7-6-10-53-23)34(48)56-20-31(47)59-24(16-43(36(3,4)5)29(45)18-54-22(2)44)17-55-33-32(40-60-41-33)42-8-11-52-12-9-42/h6-7,10,13-14,21,24,39H,8-9,11-12,15-20H2,1-5H3,(H2,38,50,51)/t21?,24-/m0/s1. The van der Waals surface area contributed by atoms with Crippen molar-refractivity contribution in [1.29, 1.82) is 0 Å². The van der Waals surface area contributed by atoms with Crippen molar-refractivity contribution in [3.63, 3.8) is 0 Å². The summed E-state index contributed by atoms with van der Waals surface area (Å²) in [4.78, 5) is 78.6. The number of esters is 5. The fraction of sp³-hybridized carbons (Fsp3) is 0.500. The summed E-state index contributed by atoms with van der Waals surface area (Å²) >= 11 is 7.00. The van der Waals surface area contributed by atoms with Crippen molar-refractivity contribution in [3.05, 3.63) is 46.9 Å². The van der Waals surface area contributed by atoms with Gasteiger partial charge in [0.15, 0.2) is 32.0 Å². The first kappa shape index (κ1) is 48.1. The lowest BCUT2D eigenvalue weighted by Crippen LogP contribution is -2.52. The number of hydrogen-bond donors (Lipinski definition) is 2. The van der Waals surface area contributed by atoms with E-state index >= 15 is 0 Å². The van der Waals surface area contributed by atoms with Gasteiger partial charge < -0.3 is 52.7 Å². The van der Waals surface area contributed by atoms with Crippen LogP contribution >= 0.6 is 23.3 Å². The predicted octanol–water partition coefficient (Wildman–Crippen LogP) is 1.69. The van der Waals surface area contributed by atoms with Crippen LogP contribution in [0.5, 0.6) is 5.88 Å². The van der Waals surface area contributed by atoms with Gasteiger partial charge in [-0.25, -0.2) is 32.7 Å². The minimum Gasteiger partial charge on any atom is -0.470 e. The number of nitrogens with two attached hydrogens (primary N) is 1. The zero-order valence-electron chi connectivity index (χ0n) is 33.7. The largest absolute Gasteiger partial charge is 0.470 e. The number of halogens is 1. The van der Waals surface area contributed by atoms with E-state index in [1.807, 2.05) is 4.90 Å². The number of amides is 1. The summed E-state index contributed by atoms with van der Waals surface area (Å²) in [5.74, 6) is -4.85. The molecule has 1 aliphatic heterocycles. The molecule has 3 N–H and O–H groups in total. The lowest BCUT2D eigenvalue weighted by molar-refractivity contribution is -0.174. The van der Waals surface area contributed by atoms with Crippen LogP contribution in [-0.4, -0.2) is 135 Å². The third kappa shape index (κ3) is 14.8. The van der Waals surface area contributed by atoms with Gasteiger partial charge in [0.25, 0.3) is 11.8 Å². The fourth-order valence-electron chi connectivity index (χ4n) is 5.36. The summed E-state index contributed by atoms with van der Waals surface area (Å²) in [6.45, 7) is 6.32. The molecular weight excluding hydrogens is 872 g/mol. The van der Waals surface area contributed by atoms with E-state index in [1.54, 1.807) is 32.9 Å². The van der Waals surface area contributed by atoms with Gasteiger partial charge in [-0.15, -0.1) is 4.37 Å². The Morgan fingerprint density at radius 1 is 1.02 bits per heavy atom. The number of primary sulfonamides is 1. The summed E-state index contributed by atoms with van der Waals surface area (Å²) in [6, 6.07) is 5.25. The van der Waals surface area contributed by atoms with Crippen LogP contribution in [0.3, 0.4) is 0 Å². The first-order valence-electron chi connectivity index (χ1n) is 18.3. The first-order valence-corrected chi connectivity index (χ1v) is 21.0. The monoisotopic (exact) mass is 916 g/mol. The number of aromatic nitrogens is 2. The number of carbonyl (C=O) groups excluding carboxylic acids is 6. The third-order valence-electron chi connectivity index (χ3n) is 8.28. The number of nitrogens with one attached hydrogen (secondary N) is 1. The Balaban J connectivity index is 1.36. The second-order valence-corrected chi connectivity index (χ2v) is 16.5. The highest BCUT2D eigenvalue weighted by Crippen LogP contribution is 2.30. The van der Waals surface area contributed by atoms with Gasteiger partial charge in [0, 0.05) is 25.6 Å². The zero-order valence-corrected chi connectivity index (χ0v) is 36.1. The summed E-state index contributed by atoms with van der Waals surface area (Å²) in [5, 5.41) is 7.80. The highest BCUT2D eigenvalue weighted by Gasteiger charge is 2.33. The Labute approximate surface area is 359 Å². The normalized spacial score (nSPS) is 13.9. The average Bonchev–Trinajstić information content (AvgIpc) is 3.90. The minimum absolute atomic E-state index is 0.0161. The molecule has 22 nitrogen and oxygen atoms in total. The number of rotatable bonds is 20. The summed E-state index contributed by atoms with van der Waals surface area (Å²) in [6.07, 6.45) is -1.38. The van der Waals surface area contributed by atoms with Crippen LogP contribution in [0.4, 0.5) is 11.5 Å². The molecule has 0 radical (unpaired) electrons. The SMILES string of the molecule is CC(=O)OCC(=O)N(C[C@@H](COc1nsnc1N1CCOCC1)OC(=O)COC(=O)C(C)OC(=O)COC(=O)c1cc(S(N)(=O)=O)c(Cl)cc1NCc1ccco1)C(C)(C)C. The summed E-state index contributed by atoms with van der Waals surface area (Å²) < 4.78 is 74.8. The average molecular weight is 917 g/mol. The number of carbonyl (C=O) groups is 6. The molecule has 0 spiro atoms. The number of anilines is 2. The van der Waals surface area contributed by atoms with Crippen LogP contribution in [0.15, 0.2) is 39.8 Å². The van der Waals surface area contributed by atoms with E-state index in [0.717, 1.165) is 37.7 Å². The van der Waals surface area contributed by atoms with Crippen LogP contribution in [-0.2, 0) is 69.0 Å². The lowest BCUT2D eigenvalue weighted by atomic mass is 10.1. The van der Waals surface area contributed by atoms with Gasteiger partial charge in [0.2, 0.25) is 15.8 Å². The molecule has 3 aromatic rings. The number of morpholine rings is 1. The molecule has 4 rings (SSSR count). The number of sulfonamides is 1. The maximum Gasteiger partial charge on any atom is 0.347 e. The van der Waals surface area contributed by atoms with Crippen molar-refractivity contribution >= 4 is 80.6 Å². The molecule has 1 fully saturated rings. The van der Waals surface area contributed by atoms with E-state index in [1.165, 1.54) is 11.2 Å². The van der Waals surface area contributed by atoms with E-state index in [0.29, 0.717) is 37.9 Å². The quantitative estimate of drug-likeness (QED) is 0.120. The number of ether oxygens (including phenoxy) is 7. The molecule has 3 heterocycles. The molecule has 0 aliphatic carbocycles. The van der Waals surface area contributed by atoms with Crippen LogP contribution in [0.25, 0.3) is 0 Å². The topological polar surface area (TPSA) is 285 Å². The fourth-order valence-corrected chi connectivity index (χ4v) is 6.98. The van der Waals surface area contributed by atoms with E-state index in [4.69, 9.17) is 54.3 Å². The first-order chi connectivity index (χ1) is 28.7. The van der Waals surface area contributed by atoms with Crippen LogP contribution in [0, 0.1) is 0 Å².